The van der Waals surface area contributed by atoms with Crippen LogP contribution in [0.15, 0.2) is 52.9 Å². The van der Waals surface area contributed by atoms with Crippen molar-refractivity contribution in [1.82, 2.24) is 0 Å². The SMILES string of the molecule is O=C1Nc2ccccc2C1(O)c1cc2cc(Cl)ccc2o1. The van der Waals surface area contributed by atoms with Crippen molar-refractivity contribution in [2.75, 3.05) is 5.32 Å². The highest BCUT2D eigenvalue weighted by molar-refractivity contribution is 6.31. The monoisotopic (exact) mass is 299 g/mol. The minimum atomic E-state index is -1.82. The molecule has 0 radical (unpaired) electrons. The predicted molar refractivity (Wildman–Crippen MR) is 79.3 cm³/mol. The van der Waals surface area contributed by atoms with Gasteiger partial charge in [-0.05, 0) is 30.3 Å². The summed E-state index contributed by atoms with van der Waals surface area (Å²) in [5, 5.41) is 14.9. The van der Waals surface area contributed by atoms with Crippen molar-refractivity contribution in [1.29, 1.82) is 0 Å². The molecule has 4 nitrogen and oxygen atoms in total. The van der Waals surface area contributed by atoms with E-state index in [-0.39, 0.29) is 5.76 Å². The van der Waals surface area contributed by atoms with Gasteiger partial charge in [-0.15, -0.1) is 0 Å². The molecule has 2 heterocycles. The van der Waals surface area contributed by atoms with Crippen molar-refractivity contribution in [3.63, 3.8) is 0 Å². The van der Waals surface area contributed by atoms with Crippen LogP contribution in [-0.4, -0.2) is 11.0 Å². The summed E-state index contributed by atoms with van der Waals surface area (Å²) in [6.45, 7) is 0. The van der Waals surface area contributed by atoms with Gasteiger partial charge in [-0.25, -0.2) is 0 Å². The number of rotatable bonds is 1. The lowest BCUT2D eigenvalue weighted by Gasteiger charge is -2.17. The van der Waals surface area contributed by atoms with Crippen LogP contribution in [0.5, 0.6) is 0 Å². The average Bonchev–Trinajstić information content (AvgIpc) is 3.00. The number of aliphatic hydroxyl groups is 1. The number of benzene rings is 2. The van der Waals surface area contributed by atoms with E-state index in [1.807, 2.05) is 0 Å². The first-order valence-corrected chi connectivity index (χ1v) is 6.80. The third kappa shape index (κ3) is 1.63. The largest absolute Gasteiger partial charge is 0.457 e. The molecule has 0 spiro atoms. The Morgan fingerprint density at radius 1 is 1.14 bits per heavy atom. The fourth-order valence-electron chi connectivity index (χ4n) is 2.68. The zero-order valence-electron chi connectivity index (χ0n) is 10.8. The van der Waals surface area contributed by atoms with Crippen LogP contribution in [0.4, 0.5) is 5.69 Å². The topological polar surface area (TPSA) is 62.5 Å². The van der Waals surface area contributed by atoms with Gasteiger partial charge >= 0.3 is 0 Å². The predicted octanol–water partition coefficient (Wildman–Crippen LogP) is 3.27. The molecule has 104 valence electrons. The minimum Gasteiger partial charge on any atom is -0.457 e. The molecular weight excluding hydrogens is 290 g/mol. The van der Waals surface area contributed by atoms with Crippen LogP contribution in [0.2, 0.25) is 5.02 Å². The molecule has 1 aliphatic heterocycles. The summed E-state index contributed by atoms with van der Waals surface area (Å²) in [7, 11) is 0. The molecule has 1 aliphatic rings. The van der Waals surface area contributed by atoms with Gasteiger partial charge in [0.25, 0.3) is 5.91 Å². The van der Waals surface area contributed by atoms with Crippen molar-refractivity contribution in [2.45, 2.75) is 5.60 Å². The number of para-hydroxylation sites is 1. The molecule has 0 fully saturated rings. The van der Waals surface area contributed by atoms with Crippen LogP contribution in [0.1, 0.15) is 11.3 Å². The fourth-order valence-corrected chi connectivity index (χ4v) is 2.86. The first kappa shape index (κ1) is 12.4. The summed E-state index contributed by atoms with van der Waals surface area (Å²) in [5.41, 5.74) is -0.175. The van der Waals surface area contributed by atoms with Crippen molar-refractivity contribution in [2.24, 2.45) is 0 Å². The van der Waals surface area contributed by atoms with Gasteiger partial charge in [-0.1, -0.05) is 29.8 Å². The number of fused-ring (bicyclic) bond motifs is 2. The summed E-state index contributed by atoms with van der Waals surface area (Å²) in [5.74, 6) is -0.337. The number of carbonyl (C=O) groups is 1. The quantitative estimate of drug-likeness (QED) is 0.725. The van der Waals surface area contributed by atoms with Crippen LogP contribution >= 0.6 is 11.6 Å². The highest BCUT2D eigenvalue weighted by Crippen LogP contribution is 2.42. The Bertz CT molecular complexity index is 886. The maximum atomic E-state index is 12.3. The third-order valence-corrected chi connectivity index (χ3v) is 3.96. The third-order valence-electron chi connectivity index (χ3n) is 3.73. The summed E-state index contributed by atoms with van der Waals surface area (Å²) >= 11 is 5.95. The van der Waals surface area contributed by atoms with E-state index in [9.17, 15) is 9.90 Å². The number of halogens is 1. The second-order valence-electron chi connectivity index (χ2n) is 5.00. The second-order valence-corrected chi connectivity index (χ2v) is 5.44. The van der Waals surface area contributed by atoms with Gasteiger partial charge in [0.2, 0.25) is 5.60 Å². The summed E-state index contributed by atoms with van der Waals surface area (Å²) in [6, 6.07) is 13.8. The summed E-state index contributed by atoms with van der Waals surface area (Å²) < 4.78 is 5.67. The van der Waals surface area contributed by atoms with E-state index in [0.717, 1.165) is 5.39 Å². The van der Waals surface area contributed by atoms with E-state index in [4.69, 9.17) is 16.0 Å². The number of amides is 1. The maximum absolute atomic E-state index is 12.3. The van der Waals surface area contributed by atoms with Gasteiger partial charge in [0.05, 0.1) is 0 Å². The molecule has 4 rings (SSSR count). The number of nitrogens with one attached hydrogen (secondary N) is 1. The molecule has 1 amide bonds. The van der Waals surface area contributed by atoms with Crippen molar-refractivity contribution < 1.29 is 14.3 Å². The second kappa shape index (κ2) is 4.10. The normalized spacial score (nSPS) is 20.6. The van der Waals surface area contributed by atoms with E-state index < -0.39 is 11.5 Å². The number of anilines is 1. The van der Waals surface area contributed by atoms with Crippen LogP contribution < -0.4 is 5.32 Å². The Morgan fingerprint density at radius 3 is 2.81 bits per heavy atom. The smallest absolute Gasteiger partial charge is 0.269 e. The number of hydrogen-bond acceptors (Lipinski definition) is 3. The van der Waals surface area contributed by atoms with Crippen LogP contribution in [-0.2, 0) is 10.4 Å². The molecule has 1 aromatic heterocycles. The number of hydrogen-bond donors (Lipinski definition) is 2. The fraction of sp³-hybridized carbons (Fsp3) is 0.0625. The van der Waals surface area contributed by atoms with Gasteiger partial charge in [0.1, 0.15) is 5.58 Å². The Kier molecular flexibility index (Phi) is 2.43. The Morgan fingerprint density at radius 2 is 1.95 bits per heavy atom. The number of furan rings is 1. The molecule has 5 heteroatoms. The lowest BCUT2D eigenvalue weighted by Crippen LogP contribution is -2.34. The maximum Gasteiger partial charge on any atom is 0.269 e. The summed E-state index contributed by atoms with van der Waals surface area (Å²) in [6.07, 6.45) is 0. The van der Waals surface area contributed by atoms with Crippen LogP contribution in [0.25, 0.3) is 11.0 Å². The zero-order chi connectivity index (χ0) is 14.6. The number of carbonyl (C=O) groups excluding carboxylic acids is 1. The van der Waals surface area contributed by atoms with Crippen LogP contribution in [0, 0.1) is 0 Å². The molecule has 2 aromatic carbocycles. The Hall–Kier alpha value is -2.30. The summed E-state index contributed by atoms with van der Waals surface area (Å²) in [4.78, 5) is 12.3. The lowest BCUT2D eigenvalue weighted by molar-refractivity contribution is -0.130. The van der Waals surface area contributed by atoms with Gasteiger partial charge in [0, 0.05) is 21.7 Å². The van der Waals surface area contributed by atoms with E-state index in [0.29, 0.717) is 21.9 Å². The zero-order valence-corrected chi connectivity index (χ0v) is 11.5. The van der Waals surface area contributed by atoms with Crippen LogP contribution in [0.3, 0.4) is 0 Å². The molecule has 2 N–H and O–H groups in total. The molecule has 0 saturated carbocycles. The van der Waals surface area contributed by atoms with E-state index >= 15 is 0 Å². The highest BCUT2D eigenvalue weighted by Gasteiger charge is 2.49. The molecule has 0 bridgehead atoms. The molecule has 3 aromatic rings. The lowest BCUT2D eigenvalue weighted by atomic mass is 9.92. The van der Waals surface area contributed by atoms with Gasteiger partial charge in [0.15, 0.2) is 5.76 Å². The molecule has 21 heavy (non-hydrogen) atoms. The van der Waals surface area contributed by atoms with E-state index in [1.54, 1.807) is 48.5 Å². The van der Waals surface area contributed by atoms with Gasteiger partial charge in [-0.3, -0.25) is 4.79 Å². The van der Waals surface area contributed by atoms with Crippen molar-refractivity contribution >= 4 is 34.2 Å². The van der Waals surface area contributed by atoms with E-state index in [2.05, 4.69) is 5.32 Å². The molecular formula is C16H10ClNO3. The first-order valence-electron chi connectivity index (χ1n) is 6.42. The molecule has 0 aliphatic carbocycles. The highest BCUT2D eigenvalue weighted by atomic mass is 35.5. The standard InChI is InChI=1S/C16H10ClNO3/c17-10-5-6-13-9(7-10)8-14(21-13)16(20)11-3-1-2-4-12(11)18-15(16)19/h1-8,20H,(H,18,19). The first-order chi connectivity index (χ1) is 10.1. The average molecular weight is 300 g/mol. The molecule has 1 atom stereocenters. The van der Waals surface area contributed by atoms with E-state index in [1.165, 1.54) is 0 Å². The van der Waals surface area contributed by atoms with Gasteiger partial charge in [-0.2, -0.15) is 0 Å². The Balaban J connectivity index is 1.96. The van der Waals surface area contributed by atoms with Crippen molar-refractivity contribution in [3.8, 4) is 0 Å². The Labute approximate surface area is 124 Å². The molecule has 1 unspecified atom stereocenters. The molecule has 0 saturated heterocycles. The minimum absolute atomic E-state index is 0.183. The van der Waals surface area contributed by atoms with Crippen molar-refractivity contribution in [3.05, 3.63) is 64.9 Å². The van der Waals surface area contributed by atoms with Gasteiger partial charge < -0.3 is 14.8 Å².